The Morgan fingerprint density at radius 3 is 2.74 bits per heavy atom. The molecule has 0 saturated carbocycles. The number of nitrogen functional groups attached to an aromatic ring is 1. The molecule has 0 bridgehead atoms. The van der Waals surface area contributed by atoms with Crippen molar-refractivity contribution in [3.05, 3.63) is 70.5 Å². The fourth-order valence-electron chi connectivity index (χ4n) is 2.25. The van der Waals surface area contributed by atoms with Crippen molar-refractivity contribution in [1.29, 1.82) is 5.41 Å². The first kappa shape index (κ1) is 17.1. The van der Waals surface area contributed by atoms with Gasteiger partial charge in [-0.2, -0.15) is 0 Å². The van der Waals surface area contributed by atoms with E-state index in [0.29, 0.717) is 12.1 Å². The van der Waals surface area contributed by atoms with E-state index in [1.807, 2.05) is 47.5 Å². The van der Waals surface area contributed by atoms with E-state index < -0.39 is 5.82 Å². The van der Waals surface area contributed by atoms with Crippen molar-refractivity contribution in [3.63, 3.8) is 0 Å². The molecule has 1 heterocycles. The van der Waals surface area contributed by atoms with Gasteiger partial charge in [-0.25, -0.2) is 4.39 Å². The number of hydrogen-bond acceptors (Lipinski definition) is 3. The molecule has 0 radical (unpaired) electrons. The fraction of sp³-hybridized carbons (Fsp3) is 0.235. The topological polar surface area (TPSA) is 56.4 Å². The van der Waals surface area contributed by atoms with Crippen molar-refractivity contribution in [3.8, 4) is 0 Å². The predicted octanol–water partition coefficient (Wildman–Crippen LogP) is 3.79. The molecule has 2 rings (SSSR count). The SMILES string of the molecule is CC/C=C/C=C1\N(C)C=CN1Cc1c(F)cc(C(=N)N)cc1Cl. The molecule has 23 heavy (non-hydrogen) atoms. The normalized spacial score (nSPS) is 16.1. The van der Waals surface area contributed by atoms with Crippen molar-refractivity contribution in [2.24, 2.45) is 5.73 Å². The zero-order valence-electron chi connectivity index (χ0n) is 13.2. The quantitative estimate of drug-likeness (QED) is 0.636. The number of allylic oxidation sites excluding steroid dienone is 3. The van der Waals surface area contributed by atoms with Crippen LogP contribution >= 0.6 is 11.6 Å². The monoisotopic (exact) mass is 334 g/mol. The molecule has 1 aliphatic rings. The van der Waals surface area contributed by atoms with Gasteiger partial charge in [-0.1, -0.05) is 30.7 Å². The van der Waals surface area contributed by atoms with Crippen molar-refractivity contribution in [1.82, 2.24) is 9.80 Å². The third kappa shape index (κ3) is 3.93. The average molecular weight is 335 g/mol. The maximum Gasteiger partial charge on any atom is 0.130 e. The Hall–Kier alpha value is -2.27. The minimum atomic E-state index is -0.464. The lowest BCUT2D eigenvalue weighted by atomic mass is 10.1. The number of nitrogens with one attached hydrogen (secondary N) is 1. The highest BCUT2D eigenvalue weighted by Crippen LogP contribution is 2.27. The van der Waals surface area contributed by atoms with Crippen LogP contribution in [0, 0.1) is 11.2 Å². The molecule has 0 spiro atoms. The summed E-state index contributed by atoms with van der Waals surface area (Å²) < 4.78 is 14.3. The van der Waals surface area contributed by atoms with Crippen LogP contribution in [0.1, 0.15) is 24.5 Å². The number of rotatable bonds is 5. The van der Waals surface area contributed by atoms with E-state index in [9.17, 15) is 4.39 Å². The Labute approximate surface area is 140 Å². The van der Waals surface area contributed by atoms with Gasteiger partial charge in [-0.3, -0.25) is 5.41 Å². The fourth-order valence-corrected chi connectivity index (χ4v) is 2.52. The number of nitrogens with two attached hydrogens (primary N) is 1. The molecule has 3 N–H and O–H groups in total. The van der Waals surface area contributed by atoms with Gasteiger partial charge in [0.2, 0.25) is 0 Å². The molecular formula is C17H20ClFN4. The lowest BCUT2D eigenvalue weighted by Crippen LogP contribution is -2.21. The van der Waals surface area contributed by atoms with E-state index >= 15 is 0 Å². The van der Waals surface area contributed by atoms with Gasteiger partial charge in [-0.15, -0.1) is 0 Å². The summed E-state index contributed by atoms with van der Waals surface area (Å²) in [5.74, 6) is 0.262. The maximum absolute atomic E-state index is 14.3. The smallest absolute Gasteiger partial charge is 0.130 e. The molecule has 0 aromatic heterocycles. The summed E-state index contributed by atoms with van der Waals surface area (Å²) in [5, 5.41) is 7.65. The van der Waals surface area contributed by atoms with E-state index in [1.165, 1.54) is 12.1 Å². The summed E-state index contributed by atoms with van der Waals surface area (Å²) in [6.07, 6.45) is 10.7. The molecule has 0 saturated heterocycles. The van der Waals surface area contributed by atoms with Crippen LogP contribution in [-0.2, 0) is 6.54 Å². The van der Waals surface area contributed by atoms with Gasteiger partial charge in [0.1, 0.15) is 17.5 Å². The molecule has 0 amide bonds. The van der Waals surface area contributed by atoms with Crippen LogP contribution in [0.3, 0.4) is 0 Å². The number of nitrogens with zero attached hydrogens (tertiary/aromatic N) is 2. The number of hydrogen-bond donors (Lipinski definition) is 2. The van der Waals surface area contributed by atoms with Crippen LogP contribution in [0.15, 0.2) is 48.6 Å². The molecule has 0 atom stereocenters. The first-order chi connectivity index (χ1) is 10.9. The van der Waals surface area contributed by atoms with Crippen LogP contribution in [0.2, 0.25) is 5.02 Å². The van der Waals surface area contributed by atoms with E-state index in [1.54, 1.807) is 0 Å². The van der Waals surface area contributed by atoms with Gasteiger partial charge in [0.05, 0.1) is 6.54 Å². The van der Waals surface area contributed by atoms with E-state index in [0.717, 1.165) is 12.2 Å². The molecular weight excluding hydrogens is 315 g/mol. The summed E-state index contributed by atoms with van der Waals surface area (Å²) in [7, 11) is 1.93. The molecule has 1 aromatic rings. The summed E-state index contributed by atoms with van der Waals surface area (Å²) in [6.45, 7) is 2.37. The molecule has 4 nitrogen and oxygen atoms in total. The Kier molecular flexibility index (Phi) is 5.45. The Morgan fingerprint density at radius 1 is 1.39 bits per heavy atom. The van der Waals surface area contributed by atoms with Gasteiger partial charge < -0.3 is 15.5 Å². The number of amidine groups is 1. The van der Waals surface area contributed by atoms with Crippen LogP contribution in [0.25, 0.3) is 0 Å². The molecule has 122 valence electrons. The summed E-state index contributed by atoms with van der Waals surface area (Å²) in [6, 6.07) is 2.76. The van der Waals surface area contributed by atoms with Crippen molar-refractivity contribution in [2.45, 2.75) is 19.9 Å². The first-order valence-corrected chi connectivity index (χ1v) is 7.68. The van der Waals surface area contributed by atoms with Crippen LogP contribution < -0.4 is 5.73 Å². The third-order valence-electron chi connectivity index (χ3n) is 3.52. The lowest BCUT2D eigenvalue weighted by molar-refractivity contribution is 0.381. The molecule has 0 unspecified atom stereocenters. The highest BCUT2D eigenvalue weighted by Gasteiger charge is 2.20. The molecule has 6 heteroatoms. The zero-order chi connectivity index (χ0) is 17.0. The summed E-state index contributed by atoms with van der Waals surface area (Å²) >= 11 is 6.18. The van der Waals surface area contributed by atoms with Crippen LogP contribution in [0.5, 0.6) is 0 Å². The van der Waals surface area contributed by atoms with Gasteiger partial charge in [0.15, 0.2) is 0 Å². The largest absolute Gasteiger partial charge is 0.384 e. The van der Waals surface area contributed by atoms with Gasteiger partial charge in [0.25, 0.3) is 0 Å². The Bertz CT molecular complexity index is 671. The van der Waals surface area contributed by atoms with E-state index in [4.69, 9.17) is 22.7 Å². The summed E-state index contributed by atoms with van der Waals surface area (Å²) in [5.41, 5.74) is 6.05. The Balaban J connectivity index is 2.28. The van der Waals surface area contributed by atoms with Gasteiger partial charge in [-0.05, 0) is 24.6 Å². The molecule has 1 aliphatic heterocycles. The third-order valence-corrected chi connectivity index (χ3v) is 3.86. The van der Waals surface area contributed by atoms with Crippen molar-refractivity contribution >= 4 is 17.4 Å². The van der Waals surface area contributed by atoms with Crippen molar-refractivity contribution in [2.75, 3.05) is 7.05 Å². The summed E-state index contributed by atoms with van der Waals surface area (Å²) in [4.78, 5) is 3.87. The molecule has 0 aliphatic carbocycles. The second-order valence-corrected chi connectivity index (χ2v) is 5.64. The van der Waals surface area contributed by atoms with Crippen molar-refractivity contribution < 1.29 is 4.39 Å². The van der Waals surface area contributed by atoms with Crippen LogP contribution in [0.4, 0.5) is 4.39 Å². The standard InChI is InChI=1S/C17H20ClFN4/c1-3-4-5-6-16-22(2)7-8-23(16)11-13-14(18)9-12(17(20)21)10-15(13)19/h4-10H,3,11H2,1-2H3,(H3,20,21)/b5-4+,16-6+. The molecule has 1 aromatic carbocycles. The molecule has 0 fully saturated rings. The minimum absolute atomic E-state index is 0.205. The zero-order valence-corrected chi connectivity index (χ0v) is 13.9. The van der Waals surface area contributed by atoms with Gasteiger partial charge in [0, 0.05) is 35.6 Å². The first-order valence-electron chi connectivity index (χ1n) is 7.31. The van der Waals surface area contributed by atoms with E-state index in [-0.39, 0.29) is 16.4 Å². The average Bonchev–Trinajstić information content (AvgIpc) is 2.83. The van der Waals surface area contributed by atoms with E-state index in [2.05, 4.69) is 6.92 Å². The number of benzene rings is 1. The predicted molar refractivity (Wildman–Crippen MR) is 92.4 cm³/mol. The minimum Gasteiger partial charge on any atom is -0.384 e. The lowest BCUT2D eigenvalue weighted by Gasteiger charge is -2.23. The van der Waals surface area contributed by atoms with Crippen LogP contribution in [-0.4, -0.2) is 22.7 Å². The maximum atomic E-state index is 14.3. The second-order valence-electron chi connectivity index (χ2n) is 5.23. The highest BCUT2D eigenvalue weighted by molar-refractivity contribution is 6.31. The number of halogens is 2. The van der Waals surface area contributed by atoms with Gasteiger partial charge >= 0.3 is 0 Å². The highest BCUT2D eigenvalue weighted by atomic mass is 35.5. The second kappa shape index (κ2) is 7.33. The Morgan fingerprint density at radius 2 is 2.13 bits per heavy atom.